The van der Waals surface area contributed by atoms with Crippen molar-refractivity contribution in [1.82, 2.24) is 4.90 Å². The minimum atomic E-state index is -3.06. The van der Waals surface area contributed by atoms with Crippen LogP contribution in [-0.4, -0.2) is 36.8 Å². The second kappa shape index (κ2) is 7.76. The van der Waals surface area contributed by atoms with Gasteiger partial charge in [0.2, 0.25) is 5.91 Å². The van der Waals surface area contributed by atoms with Crippen LogP contribution in [0.4, 0.5) is 0 Å². The number of amides is 1. The van der Waals surface area contributed by atoms with Crippen LogP contribution in [0.3, 0.4) is 0 Å². The summed E-state index contributed by atoms with van der Waals surface area (Å²) in [5, 5.41) is 2.24. The van der Waals surface area contributed by atoms with E-state index in [1.807, 2.05) is 72.8 Å². The predicted octanol–water partition coefficient (Wildman–Crippen LogP) is 3.60. The molecule has 0 spiro atoms. The summed E-state index contributed by atoms with van der Waals surface area (Å²) in [6.07, 6.45) is 0.785. The van der Waals surface area contributed by atoms with Crippen molar-refractivity contribution in [1.29, 1.82) is 0 Å². The first-order valence-corrected chi connectivity index (χ1v) is 11.3. The molecule has 1 saturated heterocycles. The van der Waals surface area contributed by atoms with Gasteiger partial charge in [0.25, 0.3) is 0 Å². The molecule has 1 atom stereocenters. The van der Waals surface area contributed by atoms with Gasteiger partial charge in [-0.3, -0.25) is 4.79 Å². The highest BCUT2D eigenvalue weighted by Gasteiger charge is 2.34. The zero-order valence-corrected chi connectivity index (χ0v) is 16.4. The molecule has 4 nitrogen and oxygen atoms in total. The van der Waals surface area contributed by atoms with Crippen molar-refractivity contribution in [2.45, 2.75) is 25.4 Å². The van der Waals surface area contributed by atoms with Gasteiger partial charge in [-0.2, -0.15) is 0 Å². The molecule has 1 heterocycles. The predicted molar refractivity (Wildman–Crippen MR) is 112 cm³/mol. The molecule has 3 aromatic rings. The second-order valence-electron chi connectivity index (χ2n) is 7.42. The molecule has 3 aromatic carbocycles. The van der Waals surface area contributed by atoms with Crippen molar-refractivity contribution in [3.63, 3.8) is 0 Å². The number of nitrogens with zero attached hydrogens (tertiary/aromatic N) is 1. The lowest BCUT2D eigenvalue weighted by atomic mass is 10.0. The molecular weight excluding hydrogens is 370 g/mol. The molecule has 0 aliphatic carbocycles. The van der Waals surface area contributed by atoms with Crippen LogP contribution in [0.25, 0.3) is 10.8 Å². The standard InChI is InChI=1S/C23H23NO3S/c25-23(15-19-10-11-20-8-4-5-9-21(20)14-19)24(16-18-6-2-1-3-7-18)22-12-13-28(26,27)17-22/h1-11,14,22H,12-13,15-17H2/t22-/m0/s1. The van der Waals surface area contributed by atoms with E-state index >= 15 is 0 Å². The quantitative estimate of drug-likeness (QED) is 0.666. The van der Waals surface area contributed by atoms with Crippen LogP contribution in [0.2, 0.25) is 0 Å². The topological polar surface area (TPSA) is 54.5 Å². The molecule has 1 aliphatic heterocycles. The number of hydrogen-bond acceptors (Lipinski definition) is 3. The van der Waals surface area contributed by atoms with E-state index in [2.05, 4.69) is 0 Å². The molecule has 0 radical (unpaired) electrons. The summed E-state index contributed by atoms with van der Waals surface area (Å²) in [7, 11) is -3.06. The number of sulfone groups is 1. The Bertz CT molecular complexity index is 1090. The third-order valence-corrected chi connectivity index (χ3v) is 7.08. The van der Waals surface area contributed by atoms with Gasteiger partial charge in [0, 0.05) is 12.6 Å². The summed E-state index contributed by atoms with van der Waals surface area (Å²) in [4.78, 5) is 14.9. The largest absolute Gasteiger partial charge is 0.334 e. The highest BCUT2D eigenvalue weighted by molar-refractivity contribution is 7.91. The maximum Gasteiger partial charge on any atom is 0.227 e. The van der Waals surface area contributed by atoms with Crippen LogP contribution < -0.4 is 0 Å². The number of rotatable bonds is 5. The molecule has 0 saturated carbocycles. The number of carbonyl (C=O) groups is 1. The number of fused-ring (bicyclic) bond motifs is 1. The SMILES string of the molecule is O=C(Cc1ccc2ccccc2c1)N(Cc1ccccc1)[C@H]1CCS(=O)(=O)C1. The Balaban J connectivity index is 1.58. The van der Waals surface area contributed by atoms with Gasteiger partial charge in [-0.1, -0.05) is 72.8 Å². The van der Waals surface area contributed by atoms with Gasteiger partial charge in [0.15, 0.2) is 9.84 Å². The van der Waals surface area contributed by atoms with Gasteiger partial charge in [-0.05, 0) is 28.3 Å². The lowest BCUT2D eigenvalue weighted by molar-refractivity contribution is -0.133. The van der Waals surface area contributed by atoms with Crippen molar-refractivity contribution in [2.75, 3.05) is 11.5 Å². The van der Waals surface area contributed by atoms with Crippen LogP contribution in [0.5, 0.6) is 0 Å². The highest BCUT2D eigenvalue weighted by Crippen LogP contribution is 2.22. The Morgan fingerprint density at radius 2 is 1.61 bits per heavy atom. The zero-order valence-electron chi connectivity index (χ0n) is 15.6. The first-order valence-electron chi connectivity index (χ1n) is 9.52. The average molecular weight is 394 g/mol. The van der Waals surface area contributed by atoms with Crippen molar-refractivity contribution >= 4 is 26.5 Å². The van der Waals surface area contributed by atoms with Crippen LogP contribution in [-0.2, 0) is 27.6 Å². The maximum atomic E-state index is 13.2. The van der Waals surface area contributed by atoms with E-state index in [0.717, 1.165) is 21.9 Å². The van der Waals surface area contributed by atoms with E-state index < -0.39 is 9.84 Å². The Kier molecular flexibility index (Phi) is 5.18. The van der Waals surface area contributed by atoms with Gasteiger partial charge in [-0.25, -0.2) is 8.42 Å². The van der Waals surface area contributed by atoms with Crippen LogP contribution in [0, 0.1) is 0 Å². The van der Waals surface area contributed by atoms with Gasteiger partial charge in [0.1, 0.15) is 0 Å². The molecule has 5 heteroatoms. The summed E-state index contributed by atoms with van der Waals surface area (Å²) in [5.74, 6) is 0.191. The van der Waals surface area contributed by atoms with Crippen molar-refractivity contribution in [3.8, 4) is 0 Å². The minimum absolute atomic E-state index is 0.0266. The van der Waals surface area contributed by atoms with Crippen molar-refractivity contribution < 1.29 is 13.2 Å². The summed E-state index contributed by atoms with van der Waals surface area (Å²) < 4.78 is 24.0. The Morgan fingerprint density at radius 3 is 2.32 bits per heavy atom. The van der Waals surface area contributed by atoms with Crippen LogP contribution in [0.1, 0.15) is 17.5 Å². The lowest BCUT2D eigenvalue weighted by Gasteiger charge is -2.28. The van der Waals surface area contributed by atoms with E-state index in [0.29, 0.717) is 13.0 Å². The summed E-state index contributed by atoms with van der Waals surface area (Å²) >= 11 is 0. The van der Waals surface area contributed by atoms with Gasteiger partial charge < -0.3 is 4.90 Å². The third-order valence-electron chi connectivity index (χ3n) is 5.33. The second-order valence-corrected chi connectivity index (χ2v) is 9.65. The molecule has 0 aromatic heterocycles. The molecule has 0 bridgehead atoms. The van der Waals surface area contributed by atoms with E-state index in [1.54, 1.807) is 4.90 Å². The summed E-state index contributed by atoms with van der Waals surface area (Å²) in [5.41, 5.74) is 1.96. The van der Waals surface area contributed by atoms with Crippen molar-refractivity contribution in [3.05, 3.63) is 83.9 Å². The highest BCUT2D eigenvalue weighted by atomic mass is 32.2. The van der Waals surface area contributed by atoms with E-state index in [-0.39, 0.29) is 29.9 Å². The number of benzene rings is 3. The molecule has 28 heavy (non-hydrogen) atoms. The van der Waals surface area contributed by atoms with Gasteiger partial charge in [0.05, 0.1) is 17.9 Å². The molecule has 1 aliphatic rings. The maximum absolute atomic E-state index is 13.2. The molecule has 0 unspecified atom stereocenters. The van der Waals surface area contributed by atoms with Crippen LogP contribution in [0.15, 0.2) is 72.8 Å². The van der Waals surface area contributed by atoms with Gasteiger partial charge in [-0.15, -0.1) is 0 Å². The molecule has 1 fully saturated rings. The first-order chi connectivity index (χ1) is 13.5. The fraction of sp³-hybridized carbons (Fsp3) is 0.261. The Hall–Kier alpha value is -2.66. The summed E-state index contributed by atoms with van der Waals surface area (Å²) in [6, 6.07) is 23.6. The molecule has 144 valence electrons. The minimum Gasteiger partial charge on any atom is -0.334 e. The van der Waals surface area contributed by atoms with Crippen LogP contribution >= 0.6 is 0 Å². The first kappa shape index (κ1) is 18.7. The number of hydrogen-bond donors (Lipinski definition) is 0. The molecule has 0 N–H and O–H groups in total. The summed E-state index contributed by atoms with van der Waals surface area (Å²) in [6.45, 7) is 0.438. The van der Waals surface area contributed by atoms with Gasteiger partial charge >= 0.3 is 0 Å². The van der Waals surface area contributed by atoms with Crippen molar-refractivity contribution in [2.24, 2.45) is 0 Å². The normalized spacial score (nSPS) is 18.2. The third kappa shape index (κ3) is 4.25. The Labute approximate surface area is 165 Å². The van der Waals surface area contributed by atoms with E-state index in [4.69, 9.17) is 0 Å². The zero-order chi connectivity index (χ0) is 19.6. The fourth-order valence-corrected chi connectivity index (χ4v) is 5.58. The lowest BCUT2D eigenvalue weighted by Crippen LogP contribution is -2.41. The molecule has 1 amide bonds. The molecule has 4 rings (SSSR count). The van der Waals surface area contributed by atoms with E-state index in [9.17, 15) is 13.2 Å². The smallest absolute Gasteiger partial charge is 0.227 e. The monoisotopic (exact) mass is 393 g/mol. The Morgan fingerprint density at radius 1 is 0.893 bits per heavy atom. The van der Waals surface area contributed by atoms with E-state index in [1.165, 1.54) is 0 Å². The fourth-order valence-electron chi connectivity index (χ4n) is 3.85. The number of carbonyl (C=O) groups excluding carboxylic acids is 1. The molecular formula is C23H23NO3S. The average Bonchev–Trinajstić information content (AvgIpc) is 3.06.